The third kappa shape index (κ3) is 6.93. The van der Waals surface area contributed by atoms with Crippen molar-refractivity contribution in [2.45, 2.75) is 52.0 Å². The number of hydrogen-bond acceptors (Lipinski definition) is 7. The number of aromatic nitrogens is 5. The lowest BCUT2D eigenvalue weighted by atomic mass is 9.88. The zero-order valence-electron chi connectivity index (χ0n) is 29.4. The van der Waals surface area contributed by atoms with Gasteiger partial charge in [0, 0.05) is 62.2 Å². The number of fused-ring (bicyclic) bond motifs is 7. The van der Waals surface area contributed by atoms with E-state index in [0.29, 0.717) is 59.7 Å². The Morgan fingerprint density at radius 3 is 2.53 bits per heavy atom. The Labute approximate surface area is 296 Å². The highest BCUT2D eigenvalue weighted by Crippen LogP contribution is 2.34. The number of nitrogens with one attached hydrogen (secondary N) is 1. The number of carbonyl (C=O) groups is 1. The van der Waals surface area contributed by atoms with E-state index in [1.807, 2.05) is 14.0 Å². The molecule has 0 spiro atoms. The Bertz CT molecular complexity index is 2060. The number of likely N-dealkylation sites (tertiary alicyclic amines) is 1. The summed E-state index contributed by atoms with van der Waals surface area (Å²) in [5, 5.41) is 7.55. The number of piperidine rings is 1. The second-order valence-corrected chi connectivity index (χ2v) is 14.7. The minimum atomic E-state index is -0.531. The first-order valence-electron chi connectivity index (χ1n) is 18.1. The first-order chi connectivity index (χ1) is 24.7. The van der Waals surface area contributed by atoms with Crippen LogP contribution in [0.25, 0.3) is 22.3 Å². The van der Waals surface area contributed by atoms with Crippen molar-refractivity contribution in [2.24, 2.45) is 18.9 Å². The van der Waals surface area contributed by atoms with Crippen LogP contribution in [0.2, 0.25) is 0 Å². The lowest BCUT2D eigenvalue weighted by Gasteiger charge is -2.44. The van der Waals surface area contributed by atoms with E-state index >= 15 is 0 Å². The maximum absolute atomic E-state index is 13.8. The molecule has 1 N–H and O–H groups in total. The van der Waals surface area contributed by atoms with E-state index in [-0.39, 0.29) is 5.91 Å². The van der Waals surface area contributed by atoms with Gasteiger partial charge in [-0.25, -0.2) is 18.4 Å². The Hall–Kier alpha value is -4.84. The van der Waals surface area contributed by atoms with Crippen LogP contribution in [0.5, 0.6) is 5.88 Å². The lowest BCUT2D eigenvalue weighted by molar-refractivity contribution is 0.102. The van der Waals surface area contributed by atoms with Crippen LogP contribution in [-0.4, -0.2) is 74.5 Å². The monoisotopic (exact) mass is 694 g/mol. The Morgan fingerprint density at radius 2 is 1.75 bits per heavy atom. The molecule has 0 radical (unpaired) electrons. The van der Waals surface area contributed by atoms with Gasteiger partial charge < -0.3 is 19.1 Å². The van der Waals surface area contributed by atoms with Crippen molar-refractivity contribution in [3.05, 3.63) is 83.2 Å². The van der Waals surface area contributed by atoms with Gasteiger partial charge in [-0.3, -0.25) is 15.1 Å². The van der Waals surface area contributed by atoms with E-state index < -0.39 is 11.6 Å². The molecule has 1 amide bonds. The molecular formula is C39H44F2N8O2. The summed E-state index contributed by atoms with van der Waals surface area (Å²) in [6, 6.07) is 13.9. The molecule has 3 aliphatic heterocycles. The van der Waals surface area contributed by atoms with Gasteiger partial charge in [0.15, 0.2) is 0 Å². The fraction of sp³-hybridized carbons (Fsp3) is 0.436. The number of hydrogen-bond donors (Lipinski definition) is 1. The quantitative estimate of drug-likeness (QED) is 0.221. The molecule has 6 heterocycles. The standard InChI is InChI=1S/C39H44F2N8O2/c1-24-5-4-12-51-38-33(19-42-46(38)3)35-14-29(13-25(2)43-35)37(50)45-39-44-34-7-6-28(15-36(34)49(39)20-24)27-8-10-47(11-9-27)21-26-22-48(23-26)32-17-30(40)16-31(41)18-32/h6-7,13-19,24,26-27H,4-5,8-12,20-23H2,1-3H3,(H,44,45,50)/t24-/m1/s1. The van der Waals surface area contributed by atoms with E-state index in [0.717, 1.165) is 86.8 Å². The Morgan fingerprint density at radius 1 is 0.961 bits per heavy atom. The molecule has 5 aromatic rings. The normalized spacial score (nSPS) is 19.4. The van der Waals surface area contributed by atoms with Crippen LogP contribution in [0.15, 0.2) is 54.7 Å². The summed E-state index contributed by atoms with van der Waals surface area (Å²) in [7, 11) is 1.85. The lowest BCUT2D eigenvalue weighted by Crippen LogP contribution is -2.52. The summed E-state index contributed by atoms with van der Waals surface area (Å²) in [5.41, 5.74) is 6.45. The van der Waals surface area contributed by atoms with Crippen molar-refractivity contribution in [2.75, 3.05) is 49.5 Å². The number of halogens is 2. The molecule has 3 aliphatic rings. The topological polar surface area (TPSA) is 93.3 Å². The minimum absolute atomic E-state index is 0.238. The van der Waals surface area contributed by atoms with Crippen molar-refractivity contribution >= 4 is 28.6 Å². The maximum Gasteiger partial charge on any atom is 0.258 e. The average molecular weight is 695 g/mol. The molecule has 0 aliphatic carbocycles. The van der Waals surface area contributed by atoms with E-state index in [4.69, 9.17) is 14.7 Å². The number of imidazole rings is 1. The van der Waals surface area contributed by atoms with Crippen molar-refractivity contribution < 1.29 is 18.3 Å². The number of pyridine rings is 1. The molecule has 2 fully saturated rings. The molecular weight excluding hydrogens is 650 g/mol. The highest BCUT2D eigenvalue weighted by atomic mass is 19.1. The number of carbonyl (C=O) groups excluding carboxylic acids is 1. The van der Waals surface area contributed by atoms with E-state index in [2.05, 4.69) is 49.9 Å². The molecule has 2 bridgehead atoms. The number of benzene rings is 2. The fourth-order valence-electron chi connectivity index (χ4n) is 7.99. The highest BCUT2D eigenvalue weighted by Gasteiger charge is 2.31. The van der Waals surface area contributed by atoms with Crippen LogP contribution < -0.4 is 15.0 Å². The third-order valence-electron chi connectivity index (χ3n) is 10.7. The molecule has 266 valence electrons. The molecule has 1 atom stereocenters. The number of aryl methyl sites for hydroxylation is 2. The predicted molar refractivity (Wildman–Crippen MR) is 193 cm³/mol. The van der Waals surface area contributed by atoms with Gasteiger partial charge >= 0.3 is 0 Å². The van der Waals surface area contributed by atoms with E-state index in [1.165, 1.54) is 17.7 Å². The second kappa shape index (κ2) is 13.7. The van der Waals surface area contributed by atoms with E-state index in [9.17, 15) is 13.6 Å². The van der Waals surface area contributed by atoms with Gasteiger partial charge in [0.25, 0.3) is 5.91 Å². The molecule has 0 saturated carbocycles. The van der Waals surface area contributed by atoms with Crippen molar-refractivity contribution in [1.82, 2.24) is 29.2 Å². The van der Waals surface area contributed by atoms with Crippen molar-refractivity contribution in [3.8, 4) is 17.1 Å². The summed E-state index contributed by atoms with van der Waals surface area (Å²) in [5.74, 6) is 1.14. The maximum atomic E-state index is 13.8. The van der Waals surface area contributed by atoms with Crippen LogP contribution in [0.4, 0.5) is 20.4 Å². The number of rotatable bonds is 4. The number of anilines is 2. The molecule has 2 aromatic carbocycles. The minimum Gasteiger partial charge on any atom is -0.477 e. The van der Waals surface area contributed by atoms with Crippen LogP contribution in [0, 0.1) is 30.4 Å². The summed E-state index contributed by atoms with van der Waals surface area (Å²) in [6.07, 6.45) is 5.68. The van der Waals surface area contributed by atoms with Gasteiger partial charge in [-0.2, -0.15) is 5.10 Å². The van der Waals surface area contributed by atoms with Crippen LogP contribution in [-0.2, 0) is 13.6 Å². The van der Waals surface area contributed by atoms with E-state index in [1.54, 1.807) is 23.0 Å². The number of ether oxygens (including phenoxy) is 1. The summed E-state index contributed by atoms with van der Waals surface area (Å²) < 4.78 is 37.5. The summed E-state index contributed by atoms with van der Waals surface area (Å²) in [6.45, 7) is 10.1. The van der Waals surface area contributed by atoms with Gasteiger partial charge in [0.1, 0.15) is 11.6 Å². The van der Waals surface area contributed by atoms with Gasteiger partial charge in [-0.1, -0.05) is 13.0 Å². The summed E-state index contributed by atoms with van der Waals surface area (Å²) in [4.78, 5) is 28.0. The Kier molecular flexibility index (Phi) is 8.95. The molecule has 8 rings (SSSR count). The number of nitrogens with zero attached hydrogens (tertiary/aromatic N) is 7. The highest BCUT2D eigenvalue weighted by molar-refractivity contribution is 6.04. The van der Waals surface area contributed by atoms with Crippen LogP contribution in [0.3, 0.4) is 0 Å². The molecule has 3 aromatic heterocycles. The molecule has 12 heteroatoms. The molecule has 2 saturated heterocycles. The zero-order valence-corrected chi connectivity index (χ0v) is 29.4. The second-order valence-electron chi connectivity index (χ2n) is 14.7. The van der Waals surface area contributed by atoms with Gasteiger partial charge in [0.05, 0.1) is 35.1 Å². The SMILES string of the molecule is Cc1cc2cc(n1)-c1cnn(C)c1OCCC[C@@H](C)Cn1c(nc3ccc(C4CCN(CC5CN(c6cc(F)cc(F)c6)C5)CC4)cc31)NC2=O. The first-order valence-corrected chi connectivity index (χ1v) is 18.1. The fourth-order valence-corrected chi connectivity index (χ4v) is 7.99. The van der Waals surface area contributed by atoms with Crippen molar-refractivity contribution in [3.63, 3.8) is 0 Å². The molecule has 0 unspecified atom stereocenters. The molecule has 51 heavy (non-hydrogen) atoms. The van der Waals surface area contributed by atoms with Crippen molar-refractivity contribution in [1.29, 1.82) is 0 Å². The molecule has 10 nitrogen and oxygen atoms in total. The smallest absolute Gasteiger partial charge is 0.258 e. The van der Waals surface area contributed by atoms with Crippen LogP contribution >= 0.6 is 0 Å². The average Bonchev–Trinajstić information content (AvgIpc) is 3.62. The summed E-state index contributed by atoms with van der Waals surface area (Å²) >= 11 is 0. The van der Waals surface area contributed by atoms with Crippen LogP contribution in [0.1, 0.15) is 60.1 Å². The van der Waals surface area contributed by atoms with Gasteiger partial charge in [-0.15, -0.1) is 0 Å². The first kappa shape index (κ1) is 33.3. The predicted octanol–water partition coefficient (Wildman–Crippen LogP) is 6.80. The largest absolute Gasteiger partial charge is 0.477 e. The zero-order chi connectivity index (χ0) is 35.2. The van der Waals surface area contributed by atoms with Gasteiger partial charge in [-0.05, 0) is 99.5 Å². The Balaban J connectivity index is 0.983. The van der Waals surface area contributed by atoms with Gasteiger partial charge in [0.2, 0.25) is 11.8 Å². The third-order valence-corrected chi connectivity index (χ3v) is 10.7. The number of amides is 1.